The van der Waals surface area contributed by atoms with Crippen LogP contribution in [0.1, 0.15) is 15.9 Å². The van der Waals surface area contributed by atoms with Gasteiger partial charge in [0.25, 0.3) is 0 Å². The molecular weight excluding hydrogens is 375 g/mol. The highest BCUT2D eigenvalue weighted by Crippen LogP contribution is 2.33. The summed E-state index contributed by atoms with van der Waals surface area (Å²) in [5.41, 5.74) is -1.78. The van der Waals surface area contributed by atoms with E-state index in [9.17, 15) is 28.2 Å². The Morgan fingerprint density at radius 1 is 1.27 bits per heavy atom. The Hall–Kier alpha value is -3.21. The average Bonchev–Trinajstić information content (AvgIpc) is 3.08. The van der Waals surface area contributed by atoms with Crippen molar-refractivity contribution in [1.82, 2.24) is 14.8 Å². The lowest BCUT2D eigenvalue weighted by Gasteiger charge is -2.15. The third-order valence-corrected chi connectivity index (χ3v) is 3.83. The maximum atomic E-state index is 13.0. The van der Waals surface area contributed by atoms with Crippen LogP contribution < -0.4 is 0 Å². The normalized spacial score (nSPS) is 11.5. The number of carboxylic acid groups (broad SMARTS) is 1. The molecule has 0 aliphatic heterocycles. The molecule has 0 radical (unpaired) electrons. The van der Waals surface area contributed by atoms with E-state index in [4.69, 9.17) is 16.6 Å². The maximum absolute atomic E-state index is 13.0. The SMILES string of the molecule is O=C(O)c1cc(-c2nnco2)c(=S)n(-c2cccc(C(F)(F)F)c2)c1O. The summed E-state index contributed by atoms with van der Waals surface area (Å²) in [6, 6.07) is 4.94. The number of alkyl halides is 3. The Labute approximate surface area is 148 Å². The number of carbonyl (C=O) groups is 1. The van der Waals surface area contributed by atoms with Crippen molar-refractivity contribution in [3.63, 3.8) is 0 Å². The van der Waals surface area contributed by atoms with Crippen molar-refractivity contribution in [2.45, 2.75) is 6.18 Å². The van der Waals surface area contributed by atoms with Gasteiger partial charge in [-0.25, -0.2) is 4.79 Å². The minimum atomic E-state index is -4.63. The van der Waals surface area contributed by atoms with Gasteiger partial charge in [0.2, 0.25) is 18.2 Å². The number of hydrogen-bond acceptors (Lipinski definition) is 6. The molecule has 26 heavy (non-hydrogen) atoms. The first-order valence-electron chi connectivity index (χ1n) is 6.86. The van der Waals surface area contributed by atoms with Crippen LogP contribution in [0, 0.1) is 4.64 Å². The molecule has 11 heteroatoms. The summed E-state index contributed by atoms with van der Waals surface area (Å²) in [4.78, 5) is 11.4. The van der Waals surface area contributed by atoms with Crippen molar-refractivity contribution < 1.29 is 32.6 Å². The van der Waals surface area contributed by atoms with Crippen LogP contribution in [0.5, 0.6) is 5.88 Å². The minimum Gasteiger partial charge on any atom is -0.494 e. The van der Waals surface area contributed by atoms with Crippen molar-refractivity contribution in [3.05, 3.63) is 52.5 Å². The van der Waals surface area contributed by atoms with Gasteiger partial charge in [-0.05, 0) is 24.3 Å². The molecule has 2 N–H and O–H groups in total. The fourth-order valence-corrected chi connectivity index (χ4v) is 2.61. The number of rotatable bonds is 3. The van der Waals surface area contributed by atoms with Crippen molar-refractivity contribution in [1.29, 1.82) is 0 Å². The molecule has 7 nitrogen and oxygen atoms in total. The maximum Gasteiger partial charge on any atom is 0.416 e. The van der Waals surface area contributed by atoms with Gasteiger partial charge in [-0.2, -0.15) is 13.2 Å². The molecule has 0 spiro atoms. The molecule has 0 amide bonds. The zero-order valence-electron chi connectivity index (χ0n) is 12.6. The van der Waals surface area contributed by atoms with Crippen molar-refractivity contribution in [2.24, 2.45) is 0 Å². The second-order valence-corrected chi connectivity index (χ2v) is 5.42. The van der Waals surface area contributed by atoms with Crippen LogP contribution in [0.3, 0.4) is 0 Å². The number of benzene rings is 1. The fraction of sp³-hybridized carbons (Fsp3) is 0.0667. The molecule has 134 valence electrons. The van der Waals surface area contributed by atoms with E-state index >= 15 is 0 Å². The first-order chi connectivity index (χ1) is 12.2. The van der Waals surface area contributed by atoms with Gasteiger partial charge in [0.1, 0.15) is 10.2 Å². The van der Waals surface area contributed by atoms with Crippen molar-refractivity contribution in [2.75, 3.05) is 0 Å². The summed E-state index contributed by atoms with van der Waals surface area (Å²) in [5, 5.41) is 26.6. The molecule has 0 fully saturated rings. The molecule has 1 aromatic carbocycles. The number of halogens is 3. The van der Waals surface area contributed by atoms with Crippen LogP contribution >= 0.6 is 12.2 Å². The number of aromatic carboxylic acids is 1. The van der Waals surface area contributed by atoms with E-state index in [2.05, 4.69) is 10.2 Å². The lowest BCUT2D eigenvalue weighted by Crippen LogP contribution is -2.09. The van der Waals surface area contributed by atoms with Gasteiger partial charge >= 0.3 is 12.1 Å². The molecule has 0 bridgehead atoms. The van der Waals surface area contributed by atoms with E-state index < -0.39 is 29.2 Å². The first-order valence-corrected chi connectivity index (χ1v) is 7.27. The number of hydrogen-bond donors (Lipinski definition) is 2. The zero-order chi connectivity index (χ0) is 19.1. The first kappa shape index (κ1) is 17.6. The molecule has 3 aromatic rings. The summed E-state index contributed by atoms with van der Waals surface area (Å²) in [6.07, 6.45) is -3.65. The molecule has 2 heterocycles. The highest BCUT2D eigenvalue weighted by Gasteiger charge is 2.31. The Morgan fingerprint density at radius 3 is 2.58 bits per heavy atom. The topological polar surface area (TPSA) is 101 Å². The summed E-state index contributed by atoms with van der Waals surface area (Å²) in [5.74, 6) is -2.48. The van der Waals surface area contributed by atoms with Crippen LogP contribution in [0.2, 0.25) is 0 Å². The van der Waals surface area contributed by atoms with Gasteiger partial charge in [0.15, 0.2) is 0 Å². The standard InChI is InChI=1S/C15H8F3N3O4S/c16-15(17,18)7-2-1-3-8(4-7)21-12(22)10(14(23)24)5-9(13(21)26)11-20-19-6-25-11/h1-6,22H,(H,23,24). The van der Waals surface area contributed by atoms with Crippen LogP contribution in [0.25, 0.3) is 17.1 Å². The largest absolute Gasteiger partial charge is 0.494 e. The smallest absolute Gasteiger partial charge is 0.416 e. The molecule has 2 aromatic heterocycles. The Morgan fingerprint density at radius 2 is 2.00 bits per heavy atom. The predicted octanol–water partition coefficient (Wildman–Crippen LogP) is 3.68. The molecule has 0 aliphatic carbocycles. The van der Waals surface area contributed by atoms with Gasteiger partial charge in [-0.1, -0.05) is 18.3 Å². The van der Waals surface area contributed by atoms with Gasteiger partial charge in [0, 0.05) is 0 Å². The highest BCUT2D eigenvalue weighted by molar-refractivity contribution is 7.71. The summed E-state index contributed by atoms with van der Waals surface area (Å²) in [7, 11) is 0. The average molecular weight is 383 g/mol. The Bertz CT molecular complexity index is 1050. The van der Waals surface area contributed by atoms with Gasteiger partial charge in [-0.3, -0.25) is 4.57 Å². The van der Waals surface area contributed by atoms with E-state index in [1.54, 1.807) is 0 Å². The van der Waals surface area contributed by atoms with Crippen molar-refractivity contribution in [3.8, 4) is 23.0 Å². The summed E-state index contributed by atoms with van der Waals surface area (Å²) in [6.45, 7) is 0. The third kappa shape index (κ3) is 3.04. The second kappa shape index (κ2) is 6.26. The summed E-state index contributed by atoms with van der Waals surface area (Å²) < 4.78 is 44.5. The molecular formula is C15H8F3N3O4S. The van der Waals surface area contributed by atoms with Crippen LogP contribution in [0.15, 0.2) is 41.1 Å². The monoisotopic (exact) mass is 383 g/mol. The molecule has 0 unspecified atom stereocenters. The lowest BCUT2D eigenvalue weighted by atomic mass is 10.1. The Balaban J connectivity index is 2.34. The van der Waals surface area contributed by atoms with E-state index in [0.29, 0.717) is 0 Å². The number of aromatic nitrogens is 3. The Kier molecular flexibility index (Phi) is 4.24. The third-order valence-electron chi connectivity index (χ3n) is 3.43. The van der Waals surface area contributed by atoms with Gasteiger partial charge in [-0.15, -0.1) is 10.2 Å². The van der Waals surface area contributed by atoms with E-state index in [1.165, 1.54) is 6.07 Å². The molecule has 0 saturated heterocycles. The van der Waals surface area contributed by atoms with Crippen molar-refractivity contribution >= 4 is 18.2 Å². The zero-order valence-corrected chi connectivity index (χ0v) is 13.4. The predicted molar refractivity (Wildman–Crippen MR) is 83.5 cm³/mol. The van der Waals surface area contributed by atoms with Gasteiger partial charge < -0.3 is 14.6 Å². The van der Waals surface area contributed by atoms with E-state index in [-0.39, 0.29) is 21.8 Å². The van der Waals surface area contributed by atoms with Crippen LogP contribution in [-0.4, -0.2) is 30.9 Å². The van der Waals surface area contributed by atoms with Crippen LogP contribution in [-0.2, 0) is 6.18 Å². The number of aromatic hydroxyl groups is 1. The highest BCUT2D eigenvalue weighted by atomic mass is 32.1. The number of nitrogens with zero attached hydrogens (tertiary/aromatic N) is 3. The van der Waals surface area contributed by atoms with E-state index in [1.807, 2.05) is 0 Å². The van der Waals surface area contributed by atoms with Crippen LogP contribution in [0.4, 0.5) is 13.2 Å². The molecule has 3 rings (SSSR count). The van der Waals surface area contributed by atoms with E-state index in [0.717, 1.165) is 35.2 Å². The summed E-state index contributed by atoms with van der Waals surface area (Å²) >= 11 is 5.19. The van der Waals surface area contributed by atoms with Gasteiger partial charge in [0.05, 0.1) is 16.8 Å². The quantitative estimate of drug-likeness (QED) is 0.665. The minimum absolute atomic E-state index is 0.0230. The lowest BCUT2D eigenvalue weighted by molar-refractivity contribution is -0.137. The number of carboxylic acids is 1. The second-order valence-electron chi connectivity index (χ2n) is 5.03. The fourth-order valence-electron chi connectivity index (χ4n) is 2.27. The molecule has 0 aliphatic rings. The molecule has 0 atom stereocenters. The molecule has 0 saturated carbocycles. The number of pyridine rings is 1.